The quantitative estimate of drug-likeness (QED) is 0.406. The van der Waals surface area contributed by atoms with Gasteiger partial charge in [-0.15, -0.1) is 0 Å². The third-order valence-corrected chi connectivity index (χ3v) is 5.27. The maximum Gasteiger partial charge on any atom is 0.251 e. The van der Waals surface area contributed by atoms with Gasteiger partial charge in [0.2, 0.25) is 0 Å². The van der Waals surface area contributed by atoms with Gasteiger partial charge in [0, 0.05) is 57.4 Å². The van der Waals surface area contributed by atoms with Gasteiger partial charge in [-0.3, -0.25) is 14.7 Å². The van der Waals surface area contributed by atoms with E-state index in [0.717, 1.165) is 50.9 Å². The van der Waals surface area contributed by atoms with Crippen molar-refractivity contribution in [1.82, 2.24) is 25.8 Å². The minimum Gasteiger partial charge on any atom is -0.379 e. The number of morpholine rings is 1. The Morgan fingerprint density at radius 3 is 2.60 bits per heavy atom. The Hall–Kier alpha value is -2.16. The molecule has 1 aromatic carbocycles. The highest BCUT2D eigenvalue weighted by Crippen LogP contribution is 2.15. The van der Waals surface area contributed by atoms with E-state index in [2.05, 4.69) is 39.7 Å². The fraction of sp³-hybridized carbons (Fsp3) is 0.636. The minimum atomic E-state index is -0.0477. The van der Waals surface area contributed by atoms with Crippen LogP contribution in [0.4, 0.5) is 0 Å². The molecule has 1 aliphatic heterocycles. The van der Waals surface area contributed by atoms with Crippen molar-refractivity contribution in [2.75, 3.05) is 67.1 Å². The van der Waals surface area contributed by atoms with Gasteiger partial charge in [-0.25, -0.2) is 0 Å². The number of aliphatic imine (C=N–C) groups is 1. The highest BCUT2D eigenvalue weighted by atomic mass is 16.5. The first-order valence-corrected chi connectivity index (χ1v) is 10.6. The SMILES string of the molecule is CN=C(NCc1cccc(C(=O)NCCN(C)C)c1)NCC(C)(C)N1CCOCC1. The number of hydrogen-bond donors (Lipinski definition) is 3. The Balaban J connectivity index is 1.83. The van der Waals surface area contributed by atoms with E-state index in [9.17, 15) is 4.79 Å². The molecule has 0 atom stereocenters. The normalized spacial score (nSPS) is 15.9. The van der Waals surface area contributed by atoms with E-state index < -0.39 is 0 Å². The molecule has 1 aromatic rings. The molecule has 1 fully saturated rings. The first-order valence-electron chi connectivity index (χ1n) is 10.6. The van der Waals surface area contributed by atoms with Gasteiger partial charge in [0.05, 0.1) is 13.2 Å². The van der Waals surface area contributed by atoms with Gasteiger partial charge < -0.3 is 25.6 Å². The highest BCUT2D eigenvalue weighted by molar-refractivity contribution is 5.94. The van der Waals surface area contributed by atoms with Crippen molar-refractivity contribution < 1.29 is 9.53 Å². The summed E-state index contributed by atoms with van der Waals surface area (Å²) < 4.78 is 5.46. The maximum atomic E-state index is 12.3. The van der Waals surface area contributed by atoms with E-state index in [1.165, 1.54) is 0 Å². The fourth-order valence-electron chi connectivity index (χ4n) is 3.30. The molecule has 1 amide bonds. The smallest absolute Gasteiger partial charge is 0.251 e. The minimum absolute atomic E-state index is 0.00592. The van der Waals surface area contributed by atoms with Crippen LogP contribution in [0, 0.1) is 0 Å². The molecule has 0 radical (unpaired) electrons. The van der Waals surface area contributed by atoms with Crippen molar-refractivity contribution in [3.8, 4) is 0 Å². The number of benzene rings is 1. The summed E-state index contributed by atoms with van der Waals surface area (Å²) in [6, 6.07) is 7.68. The molecule has 0 aliphatic carbocycles. The van der Waals surface area contributed by atoms with Crippen molar-refractivity contribution >= 4 is 11.9 Å². The number of nitrogens with zero attached hydrogens (tertiary/aromatic N) is 3. The number of amides is 1. The summed E-state index contributed by atoms with van der Waals surface area (Å²) in [5.74, 6) is 0.700. The van der Waals surface area contributed by atoms with Gasteiger partial charge in [-0.05, 0) is 45.6 Å². The van der Waals surface area contributed by atoms with Gasteiger partial charge in [0.1, 0.15) is 0 Å². The molecule has 1 saturated heterocycles. The van der Waals surface area contributed by atoms with Crippen molar-refractivity contribution in [3.63, 3.8) is 0 Å². The lowest BCUT2D eigenvalue weighted by Gasteiger charge is -2.41. The second-order valence-corrected chi connectivity index (χ2v) is 8.45. The van der Waals surface area contributed by atoms with E-state index in [4.69, 9.17) is 4.74 Å². The van der Waals surface area contributed by atoms with Crippen LogP contribution in [-0.4, -0.2) is 94.3 Å². The number of guanidine groups is 1. The van der Waals surface area contributed by atoms with E-state index in [1.807, 2.05) is 43.3 Å². The molecule has 0 aromatic heterocycles. The van der Waals surface area contributed by atoms with E-state index in [1.54, 1.807) is 7.05 Å². The monoisotopic (exact) mass is 418 g/mol. The molecule has 0 saturated carbocycles. The van der Waals surface area contributed by atoms with Crippen molar-refractivity contribution in [2.45, 2.75) is 25.9 Å². The number of rotatable bonds is 9. The molecular weight excluding hydrogens is 380 g/mol. The number of hydrogen-bond acceptors (Lipinski definition) is 5. The lowest BCUT2D eigenvalue weighted by molar-refractivity contribution is -0.00834. The summed E-state index contributed by atoms with van der Waals surface area (Å²) >= 11 is 0. The van der Waals surface area contributed by atoms with Crippen molar-refractivity contribution in [3.05, 3.63) is 35.4 Å². The van der Waals surface area contributed by atoms with Crippen LogP contribution in [0.3, 0.4) is 0 Å². The van der Waals surface area contributed by atoms with Crippen LogP contribution in [0.1, 0.15) is 29.8 Å². The summed E-state index contributed by atoms with van der Waals surface area (Å²) in [6.45, 7) is 10.8. The van der Waals surface area contributed by atoms with Crippen LogP contribution in [-0.2, 0) is 11.3 Å². The molecular formula is C22H38N6O2. The number of ether oxygens (including phenoxy) is 1. The second kappa shape index (κ2) is 11.9. The Kier molecular flexibility index (Phi) is 9.55. The molecule has 3 N–H and O–H groups in total. The third-order valence-electron chi connectivity index (χ3n) is 5.27. The molecule has 1 aliphatic rings. The first kappa shape index (κ1) is 24.1. The molecule has 2 rings (SSSR count). The summed E-state index contributed by atoms with van der Waals surface area (Å²) in [6.07, 6.45) is 0. The molecule has 0 bridgehead atoms. The summed E-state index contributed by atoms with van der Waals surface area (Å²) in [7, 11) is 5.74. The van der Waals surface area contributed by atoms with Gasteiger partial charge >= 0.3 is 0 Å². The first-order chi connectivity index (χ1) is 14.3. The number of likely N-dealkylation sites (N-methyl/N-ethyl adjacent to an activating group) is 1. The predicted octanol–water partition coefficient (Wildman–Crippen LogP) is 0.754. The van der Waals surface area contributed by atoms with Crippen LogP contribution >= 0.6 is 0 Å². The molecule has 30 heavy (non-hydrogen) atoms. The fourth-order valence-corrected chi connectivity index (χ4v) is 3.30. The largest absolute Gasteiger partial charge is 0.379 e. The van der Waals surface area contributed by atoms with E-state index >= 15 is 0 Å². The number of carbonyl (C=O) groups excluding carboxylic acids is 1. The lowest BCUT2D eigenvalue weighted by atomic mass is 10.0. The molecule has 168 valence electrons. The van der Waals surface area contributed by atoms with Gasteiger partial charge in [-0.2, -0.15) is 0 Å². The van der Waals surface area contributed by atoms with Gasteiger partial charge in [0.25, 0.3) is 5.91 Å². The molecule has 0 unspecified atom stereocenters. The summed E-state index contributed by atoms with van der Waals surface area (Å²) in [5, 5.41) is 9.72. The molecule has 1 heterocycles. The topological polar surface area (TPSA) is 81.2 Å². The Labute approximate surface area is 181 Å². The lowest BCUT2D eigenvalue weighted by Crippen LogP contribution is -2.56. The molecule has 0 spiro atoms. The van der Waals surface area contributed by atoms with Crippen LogP contribution in [0.2, 0.25) is 0 Å². The van der Waals surface area contributed by atoms with Crippen molar-refractivity contribution in [1.29, 1.82) is 0 Å². The highest BCUT2D eigenvalue weighted by Gasteiger charge is 2.28. The molecule has 8 nitrogen and oxygen atoms in total. The Morgan fingerprint density at radius 1 is 1.20 bits per heavy atom. The average molecular weight is 419 g/mol. The van der Waals surface area contributed by atoms with Crippen LogP contribution in [0.5, 0.6) is 0 Å². The average Bonchev–Trinajstić information content (AvgIpc) is 2.74. The zero-order chi connectivity index (χ0) is 22.0. The molecule has 8 heteroatoms. The zero-order valence-corrected chi connectivity index (χ0v) is 19.1. The van der Waals surface area contributed by atoms with Crippen molar-refractivity contribution in [2.24, 2.45) is 4.99 Å². The zero-order valence-electron chi connectivity index (χ0n) is 19.1. The standard InChI is InChI=1S/C22H38N6O2/c1-22(2,28-11-13-30-14-12-28)17-26-21(23-3)25-16-18-7-6-8-19(15-18)20(29)24-9-10-27(4)5/h6-8,15H,9-14,16-17H2,1-5H3,(H,24,29)(H2,23,25,26). The van der Waals surface area contributed by atoms with Gasteiger partial charge in [0.15, 0.2) is 5.96 Å². The number of nitrogens with one attached hydrogen (secondary N) is 3. The maximum absolute atomic E-state index is 12.3. The van der Waals surface area contributed by atoms with Gasteiger partial charge in [-0.1, -0.05) is 12.1 Å². The van der Waals surface area contributed by atoms with Crippen LogP contribution in [0.25, 0.3) is 0 Å². The van der Waals surface area contributed by atoms with Crippen LogP contribution in [0.15, 0.2) is 29.3 Å². The third kappa shape index (κ3) is 7.93. The van der Waals surface area contributed by atoms with E-state index in [-0.39, 0.29) is 11.4 Å². The predicted molar refractivity (Wildman–Crippen MR) is 122 cm³/mol. The Bertz CT molecular complexity index is 699. The number of carbonyl (C=O) groups is 1. The second-order valence-electron chi connectivity index (χ2n) is 8.45. The summed E-state index contributed by atoms with van der Waals surface area (Å²) in [5.41, 5.74) is 1.71. The Morgan fingerprint density at radius 2 is 1.93 bits per heavy atom. The summed E-state index contributed by atoms with van der Waals surface area (Å²) in [4.78, 5) is 21.2. The van der Waals surface area contributed by atoms with Crippen LogP contribution < -0.4 is 16.0 Å². The van der Waals surface area contributed by atoms with E-state index in [0.29, 0.717) is 18.7 Å².